The zero-order chi connectivity index (χ0) is 21.3. The molecule has 0 saturated carbocycles. The SMILES string of the molecule is Cc1ncccc1-n1c(C(C)NC(=O)OC(C)(C)C)nc2cccc(Cl)c2c1=O. The van der Waals surface area contributed by atoms with E-state index < -0.39 is 17.7 Å². The second-order valence-electron chi connectivity index (χ2n) is 7.72. The van der Waals surface area contributed by atoms with Gasteiger partial charge in [-0.15, -0.1) is 0 Å². The minimum Gasteiger partial charge on any atom is -0.444 e. The predicted molar refractivity (Wildman–Crippen MR) is 113 cm³/mol. The number of ether oxygens (including phenoxy) is 1. The van der Waals surface area contributed by atoms with Gasteiger partial charge in [0.05, 0.1) is 33.3 Å². The second-order valence-corrected chi connectivity index (χ2v) is 8.13. The van der Waals surface area contributed by atoms with Crippen molar-refractivity contribution in [3.05, 3.63) is 63.4 Å². The molecule has 2 aromatic heterocycles. The summed E-state index contributed by atoms with van der Waals surface area (Å²) < 4.78 is 6.78. The molecular weight excluding hydrogens is 392 g/mol. The normalized spacial score (nSPS) is 12.6. The molecule has 29 heavy (non-hydrogen) atoms. The number of carbonyl (C=O) groups is 1. The van der Waals surface area contributed by atoms with E-state index in [9.17, 15) is 9.59 Å². The number of aryl methyl sites for hydroxylation is 1. The fourth-order valence-electron chi connectivity index (χ4n) is 2.99. The number of alkyl carbamates (subject to hydrolysis) is 1. The van der Waals surface area contributed by atoms with Gasteiger partial charge in [-0.3, -0.25) is 14.3 Å². The van der Waals surface area contributed by atoms with Crippen LogP contribution >= 0.6 is 11.6 Å². The van der Waals surface area contributed by atoms with Gasteiger partial charge in [-0.25, -0.2) is 9.78 Å². The number of pyridine rings is 1. The number of halogens is 1. The standard InChI is InChI=1S/C21H23ClN4O3/c1-12-16(10-7-11-23-12)26-18(13(2)24-20(28)29-21(3,4)5)25-15-9-6-8-14(22)17(15)19(26)27/h6-11,13H,1-5H3,(H,24,28). The summed E-state index contributed by atoms with van der Waals surface area (Å²) in [4.78, 5) is 34.6. The zero-order valence-corrected chi connectivity index (χ0v) is 17.7. The van der Waals surface area contributed by atoms with Crippen molar-refractivity contribution < 1.29 is 9.53 Å². The smallest absolute Gasteiger partial charge is 0.408 e. The summed E-state index contributed by atoms with van der Waals surface area (Å²) in [5, 5.41) is 3.38. The van der Waals surface area contributed by atoms with E-state index in [-0.39, 0.29) is 5.56 Å². The summed E-state index contributed by atoms with van der Waals surface area (Å²) in [6.45, 7) is 8.88. The number of aromatic nitrogens is 3. The van der Waals surface area contributed by atoms with E-state index in [0.29, 0.717) is 33.1 Å². The van der Waals surface area contributed by atoms with Crippen LogP contribution in [0.25, 0.3) is 16.6 Å². The van der Waals surface area contributed by atoms with Crippen molar-refractivity contribution in [2.75, 3.05) is 0 Å². The summed E-state index contributed by atoms with van der Waals surface area (Å²) in [6, 6.07) is 7.99. The summed E-state index contributed by atoms with van der Waals surface area (Å²) in [6.07, 6.45) is 1.05. The summed E-state index contributed by atoms with van der Waals surface area (Å²) in [5.74, 6) is 0.353. The Morgan fingerprint density at radius 3 is 2.62 bits per heavy atom. The molecule has 0 aliphatic heterocycles. The molecule has 3 aromatic rings. The number of benzene rings is 1. The van der Waals surface area contributed by atoms with Crippen LogP contribution in [0.5, 0.6) is 0 Å². The number of amides is 1. The van der Waals surface area contributed by atoms with E-state index in [0.717, 1.165) is 0 Å². The number of fused-ring (bicyclic) bond motifs is 1. The number of nitrogens with zero attached hydrogens (tertiary/aromatic N) is 3. The number of hydrogen-bond donors (Lipinski definition) is 1. The van der Waals surface area contributed by atoms with Gasteiger partial charge in [-0.2, -0.15) is 0 Å². The van der Waals surface area contributed by atoms with Crippen molar-refractivity contribution >= 4 is 28.6 Å². The number of nitrogens with one attached hydrogen (secondary N) is 1. The van der Waals surface area contributed by atoms with Crippen LogP contribution in [0.2, 0.25) is 5.02 Å². The Bertz CT molecular complexity index is 1130. The van der Waals surface area contributed by atoms with Crippen molar-refractivity contribution in [2.24, 2.45) is 0 Å². The highest BCUT2D eigenvalue weighted by molar-refractivity contribution is 6.35. The molecule has 1 aromatic carbocycles. The van der Waals surface area contributed by atoms with Crippen molar-refractivity contribution in [3.63, 3.8) is 0 Å². The molecule has 1 unspecified atom stereocenters. The van der Waals surface area contributed by atoms with Gasteiger partial charge in [-0.05, 0) is 58.9 Å². The van der Waals surface area contributed by atoms with Gasteiger partial charge in [0, 0.05) is 6.20 Å². The predicted octanol–water partition coefficient (Wildman–Crippen LogP) is 4.33. The van der Waals surface area contributed by atoms with Crippen molar-refractivity contribution in [1.29, 1.82) is 0 Å². The molecule has 0 radical (unpaired) electrons. The molecule has 152 valence electrons. The van der Waals surface area contributed by atoms with Gasteiger partial charge < -0.3 is 10.1 Å². The minimum absolute atomic E-state index is 0.311. The molecule has 1 atom stereocenters. The Hall–Kier alpha value is -2.93. The van der Waals surface area contributed by atoms with Crippen LogP contribution in [0.4, 0.5) is 4.79 Å². The third-order valence-electron chi connectivity index (χ3n) is 4.21. The van der Waals surface area contributed by atoms with Crippen LogP contribution in [0.1, 0.15) is 45.3 Å². The molecule has 0 aliphatic carbocycles. The maximum absolute atomic E-state index is 13.4. The van der Waals surface area contributed by atoms with E-state index in [1.807, 2.05) is 0 Å². The van der Waals surface area contributed by atoms with Crippen molar-refractivity contribution in [2.45, 2.75) is 46.3 Å². The maximum atomic E-state index is 13.4. The molecule has 0 fully saturated rings. The van der Waals surface area contributed by atoms with Gasteiger partial charge in [-0.1, -0.05) is 17.7 Å². The third kappa shape index (κ3) is 4.40. The molecule has 1 amide bonds. The number of rotatable bonds is 3. The van der Waals surface area contributed by atoms with Crippen LogP contribution < -0.4 is 10.9 Å². The van der Waals surface area contributed by atoms with Gasteiger partial charge in [0.2, 0.25) is 0 Å². The molecule has 3 rings (SSSR count). The largest absolute Gasteiger partial charge is 0.444 e. The molecule has 0 bridgehead atoms. The Labute approximate surface area is 173 Å². The van der Waals surface area contributed by atoms with Crippen LogP contribution in [0.15, 0.2) is 41.3 Å². The Morgan fingerprint density at radius 2 is 1.97 bits per heavy atom. The Balaban J connectivity index is 2.20. The van der Waals surface area contributed by atoms with Crippen LogP contribution in [0.3, 0.4) is 0 Å². The van der Waals surface area contributed by atoms with Crippen molar-refractivity contribution in [3.8, 4) is 5.69 Å². The van der Waals surface area contributed by atoms with E-state index in [1.165, 1.54) is 4.57 Å². The lowest BCUT2D eigenvalue weighted by molar-refractivity contribution is 0.0505. The third-order valence-corrected chi connectivity index (χ3v) is 4.53. The molecule has 1 N–H and O–H groups in total. The lowest BCUT2D eigenvalue weighted by Crippen LogP contribution is -2.37. The maximum Gasteiger partial charge on any atom is 0.408 e. The van der Waals surface area contributed by atoms with Gasteiger partial charge in [0.25, 0.3) is 5.56 Å². The number of carbonyl (C=O) groups excluding carboxylic acids is 1. The zero-order valence-electron chi connectivity index (χ0n) is 17.0. The minimum atomic E-state index is -0.645. The van der Waals surface area contributed by atoms with E-state index >= 15 is 0 Å². The lowest BCUT2D eigenvalue weighted by Gasteiger charge is -2.23. The highest BCUT2D eigenvalue weighted by Gasteiger charge is 2.24. The molecular formula is C21H23ClN4O3. The molecule has 7 nitrogen and oxygen atoms in total. The summed E-state index contributed by atoms with van der Waals surface area (Å²) >= 11 is 6.29. The van der Waals surface area contributed by atoms with E-state index in [1.54, 1.807) is 71.1 Å². The second kappa shape index (κ2) is 7.83. The van der Waals surface area contributed by atoms with E-state index in [4.69, 9.17) is 16.3 Å². The molecule has 0 saturated heterocycles. The molecule has 2 heterocycles. The highest BCUT2D eigenvalue weighted by atomic mass is 35.5. The fourth-order valence-corrected chi connectivity index (χ4v) is 3.24. The average molecular weight is 415 g/mol. The summed E-state index contributed by atoms with van der Waals surface area (Å²) in [7, 11) is 0. The first-order valence-electron chi connectivity index (χ1n) is 9.21. The fraction of sp³-hybridized carbons (Fsp3) is 0.333. The van der Waals surface area contributed by atoms with Gasteiger partial charge >= 0.3 is 6.09 Å². The van der Waals surface area contributed by atoms with Gasteiger partial charge in [0.1, 0.15) is 11.4 Å². The molecule has 8 heteroatoms. The van der Waals surface area contributed by atoms with Crippen LogP contribution in [0, 0.1) is 6.92 Å². The molecule has 0 aliphatic rings. The monoisotopic (exact) mass is 414 g/mol. The number of hydrogen-bond acceptors (Lipinski definition) is 5. The topological polar surface area (TPSA) is 86.1 Å². The molecule has 0 spiro atoms. The van der Waals surface area contributed by atoms with Crippen LogP contribution in [-0.4, -0.2) is 26.2 Å². The Kier molecular flexibility index (Phi) is 5.61. The average Bonchev–Trinajstić information content (AvgIpc) is 2.60. The summed E-state index contributed by atoms with van der Waals surface area (Å²) in [5.41, 5.74) is 0.694. The highest BCUT2D eigenvalue weighted by Crippen LogP contribution is 2.23. The van der Waals surface area contributed by atoms with Gasteiger partial charge in [0.15, 0.2) is 0 Å². The first-order valence-corrected chi connectivity index (χ1v) is 9.59. The quantitative estimate of drug-likeness (QED) is 0.689. The first kappa shape index (κ1) is 20.8. The van der Waals surface area contributed by atoms with Crippen LogP contribution in [-0.2, 0) is 4.74 Å². The Morgan fingerprint density at radius 1 is 1.24 bits per heavy atom. The first-order chi connectivity index (χ1) is 13.6. The van der Waals surface area contributed by atoms with Crippen molar-refractivity contribution in [1.82, 2.24) is 19.9 Å². The van der Waals surface area contributed by atoms with E-state index in [2.05, 4.69) is 15.3 Å². The lowest BCUT2D eigenvalue weighted by atomic mass is 10.2.